The first-order chi connectivity index (χ1) is 13.2. The van der Waals surface area contributed by atoms with Crippen molar-refractivity contribution in [3.63, 3.8) is 0 Å². The highest BCUT2D eigenvalue weighted by atomic mass is 16.5. The van der Waals surface area contributed by atoms with Crippen molar-refractivity contribution in [2.75, 3.05) is 13.7 Å². The quantitative estimate of drug-likeness (QED) is 0.489. The Kier molecular flexibility index (Phi) is 6.14. The number of hydrogen-bond donors (Lipinski definition) is 1. The lowest BCUT2D eigenvalue weighted by Crippen LogP contribution is -2.24. The number of hydrogen-bond acceptors (Lipinski definition) is 5. The molecule has 3 rings (SSSR count). The number of amides is 1. The molecule has 0 aliphatic carbocycles. The standard InChI is InChI=1S/C20H22N4O3/c1-27-18(25)10-6-3-7-12-22-20(26)16-14-23-24-17(11-13-21-19(16)24)15-8-4-2-5-9-15/h2,4-5,8-9,11,13-14H,3,6-7,10,12H2,1H3,(H,22,26). The average Bonchev–Trinajstić information content (AvgIpc) is 3.15. The van der Waals surface area contributed by atoms with Crippen molar-refractivity contribution in [1.29, 1.82) is 0 Å². The van der Waals surface area contributed by atoms with E-state index in [2.05, 4.69) is 20.1 Å². The van der Waals surface area contributed by atoms with Gasteiger partial charge in [0.2, 0.25) is 0 Å². The monoisotopic (exact) mass is 366 g/mol. The molecule has 0 unspecified atom stereocenters. The van der Waals surface area contributed by atoms with E-state index in [0.29, 0.717) is 24.2 Å². The lowest BCUT2D eigenvalue weighted by molar-refractivity contribution is -0.140. The third-order valence-corrected chi connectivity index (χ3v) is 4.29. The van der Waals surface area contributed by atoms with E-state index in [4.69, 9.17) is 0 Å². The van der Waals surface area contributed by atoms with E-state index in [1.807, 2.05) is 36.4 Å². The number of carbonyl (C=O) groups is 2. The van der Waals surface area contributed by atoms with Crippen molar-refractivity contribution >= 4 is 17.5 Å². The Labute approximate surface area is 157 Å². The van der Waals surface area contributed by atoms with Crippen molar-refractivity contribution < 1.29 is 14.3 Å². The van der Waals surface area contributed by atoms with Gasteiger partial charge in [-0.15, -0.1) is 0 Å². The van der Waals surface area contributed by atoms with Crippen molar-refractivity contribution in [3.8, 4) is 11.3 Å². The maximum absolute atomic E-state index is 12.5. The third-order valence-electron chi connectivity index (χ3n) is 4.29. The van der Waals surface area contributed by atoms with E-state index in [1.54, 1.807) is 16.9 Å². The number of ether oxygens (including phenoxy) is 1. The normalized spacial score (nSPS) is 10.7. The Balaban J connectivity index is 1.62. The minimum absolute atomic E-state index is 0.198. The number of nitrogens with zero attached hydrogens (tertiary/aromatic N) is 3. The molecule has 3 aromatic rings. The minimum atomic E-state index is -0.203. The predicted molar refractivity (Wildman–Crippen MR) is 101 cm³/mol. The van der Waals surface area contributed by atoms with Crippen LogP contribution >= 0.6 is 0 Å². The molecule has 0 bridgehead atoms. The van der Waals surface area contributed by atoms with Crippen molar-refractivity contribution in [3.05, 3.63) is 54.4 Å². The summed E-state index contributed by atoms with van der Waals surface area (Å²) in [4.78, 5) is 27.9. The van der Waals surface area contributed by atoms with Crippen LogP contribution in [0, 0.1) is 0 Å². The Morgan fingerprint density at radius 3 is 2.70 bits per heavy atom. The van der Waals surface area contributed by atoms with Crippen molar-refractivity contribution in [2.45, 2.75) is 25.7 Å². The molecule has 2 heterocycles. The van der Waals surface area contributed by atoms with Gasteiger partial charge >= 0.3 is 5.97 Å². The zero-order valence-electron chi connectivity index (χ0n) is 15.2. The summed E-state index contributed by atoms with van der Waals surface area (Å²) in [7, 11) is 1.38. The van der Waals surface area contributed by atoms with Crippen LogP contribution in [-0.2, 0) is 9.53 Å². The van der Waals surface area contributed by atoms with E-state index < -0.39 is 0 Å². The number of carbonyl (C=O) groups excluding carboxylic acids is 2. The fraction of sp³-hybridized carbons (Fsp3) is 0.300. The summed E-state index contributed by atoms with van der Waals surface area (Å²) in [6, 6.07) is 11.7. The van der Waals surface area contributed by atoms with Gasteiger partial charge in [0, 0.05) is 24.7 Å². The molecule has 1 N–H and O–H groups in total. The summed E-state index contributed by atoms with van der Waals surface area (Å²) < 4.78 is 6.28. The Morgan fingerprint density at radius 2 is 1.93 bits per heavy atom. The molecule has 0 spiro atoms. The van der Waals surface area contributed by atoms with Gasteiger partial charge in [-0.05, 0) is 18.9 Å². The topological polar surface area (TPSA) is 85.6 Å². The number of benzene rings is 1. The number of fused-ring (bicyclic) bond motifs is 1. The summed E-state index contributed by atoms with van der Waals surface area (Å²) in [6.07, 6.45) is 6.03. The summed E-state index contributed by atoms with van der Waals surface area (Å²) in [5.41, 5.74) is 2.86. The van der Waals surface area contributed by atoms with Crippen molar-refractivity contribution in [2.24, 2.45) is 0 Å². The molecule has 1 aromatic carbocycles. The molecule has 0 saturated carbocycles. The minimum Gasteiger partial charge on any atom is -0.469 e. The Hall–Kier alpha value is -3.22. The zero-order valence-corrected chi connectivity index (χ0v) is 15.2. The van der Waals surface area contributed by atoms with Crippen LogP contribution in [0.4, 0.5) is 0 Å². The summed E-state index contributed by atoms with van der Waals surface area (Å²) in [5.74, 6) is -0.402. The molecule has 140 valence electrons. The van der Waals surface area contributed by atoms with Crippen LogP contribution in [0.25, 0.3) is 16.9 Å². The fourth-order valence-corrected chi connectivity index (χ4v) is 2.85. The molecular formula is C20H22N4O3. The number of esters is 1. The highest BCUT2D eigenvalue weighted by Crippen LogP contribution is 2.20. The first-order valence-corrected chi connectivity index (χ1v) is 8.94. The van der Waals surface area contributed by atoms with Crippen LogP contribution in [0.2, 0.25) is 0 Å². The Bertz CT molecular complexity index is 921. The third kappa shape index (κ3) is 4.49. The molecule has 1 amide bonds. The molecule has 0 fully saturated rings. The highest BCUT2D eigenvalue weighted by Gasteiger charge is 2.15. The molecule has 27 heavy (non-hydrogen) atoms. The van der Waals surface area contributed by atoms with Crippen LogP contribution < -0.4 is 5.32 Å². The number of nitrogens with one attached hydrogen (secondary N) is 1. The molecule has 0 aliphatic heterocycles. The van der Waals surface area contributed by atoms with E-state index in [9.17, 15) is 9.59 Å². The number of unbranched alkanes of at least 4 members (excludes halogenated alkanes) is 2. The second-order valence-corrected chi connectivity index (χ2v) is 6.13. The smallest absolute Gasteiger partial charge is 0.305 e. The van der Waals surface area contributed by atoms with Gasteiger partial charge in [0.15, 0.2) is 5.65 Å². The van der Waals surface area contributed by atoms with E-state index in [-0.39, 0.29) is 11.9 Å². The molecular weight excluding hydrogens is 344 g/mol. The number of methoxy groups -OCH3 is 1. The van der Waals surface area contributed by atoms with Crippen LogP contribution in [0.3, 0.4) is 0 Å². The molecule has 0 atom stereocenters. The zero-order chi connectivity index (χ0) is 19.1. The van der Waals surface area contributed by atoms with Gasteiger partial charge in [0.25, 0.3) is 5.91 Å². The van der Waals surface area contributed by atoms with Gasteiger partial charge in [-0.1, -0.05) is 36.8 Å². The predicted octanol–water partition coefficient (Wildman–Crippen LogP) is 2.86. The number of aromatic nitrogens is 3. The van der Waals surface area contributed by atoms with Crippen LogP contribution in [0.1, 0.15) is 36.0 Å². The van der Waals surface area contributed by atoms with E-state index in [0.717, 1.165) is 30.5 Å². The van der Waals surface area contributed by atoms with Crippen molar-refractivity contribution in [1.82, 2.24) is 19.9 Å². The van der Waals surface area contributed by atoms with Gasteiger partial charge < -0.3 is 10.1 Å². The van der Waals surface area contributed by atoms with Crippen LogP contribution in [0.5, 0.6) is 0 Å². The maximum Gasteiger partial charge on any atom is 0.305 e. The average molecular weight is 366 g/mol. The highest BCUT2D eigenvalue weighted by molar-refractivity contribution is 5.99. The first-order valence-electron chi connectivity index (χ1n) is 8.94. The molecule has 7 nitrogen and oxygen atoms in total. The van der Waals surface area contributed by atoms with Gasteiger partial charge in [-0.3, -0.25) is 9.59 Å². The second-order valence-electron chi connectivity index (χ2n) is 6.13. The molecule has 0 radical (unpaired) electrons. The first kappa shape index (κ1) is 18.6. The largest absolute Gasteiger partial charge is 0.469 e. The summed E-state index contributed by atoms with van der Waals surface area (Å²) >= 11 is 0. The van der Waals surface area contributed by atoms with Crippen LogP contribution in [0.15, 0.2) is 48.8 Å². The molecule has 7 heteroatoms. The second kappa shape index (κ2) is 8.93. The maximum atomic E-state index is 12.5. The van der Waals surface area contributed by atoms with Crippen LogP contribution in [-0.4, -0.2) is 40.1 Å². The van der Waals surface area contributed by atoms with Gasteiger partial charge in [-0.2, -0.15) is 5.10 Å². The Morgan fingerprint density at radius 1 is 1.11 bits per heavy atom. The van der Waals surface area contributed by atoms with Gasteiger partial charge in [0.05, 0.1) is 19.0 Å². The fourth-order valence-electron chi connectivity index (χ4n) is 2.85. The number of rotatable bonds is 8. The lowest BCUT2D eigenvalue weighted by Gasteiger charge is -2.06. The molecule has 0 saturated heterocycles. The molecule has 0 aliphatic rings. The lowest BCUT2D eigenvalue weighted by atomic mass is 10.1. The van der Waals surface area contributed by atoms with Gasteiger partial charge in [0.1, 0.15) is 5.56 Å². The summed E-state index contributed by atoms with van der Waals surface area (Å²) in [5, 5.41) is 7.23. The van der Waals surface area contributed by atoms with Gasteiger partial charge in [-0.25, -0.2) is 9.50 Å². The summed E-state index contributed by atoms with van der Waals surface area (Å²) in [6.45, 7) is 0.537. The SMILES string of the molecule is COC(=O)CCCCCNC(=O)c1cnn2c(-c3ccccc3)ccnc12. The van der Waals surface area contributed by atoms with E-state index >= 15 is 0 Å². The molecule has 2 aromatic heterocycles. The van der Waals surface area contributed by atoms with E-state index in [1.165, 1.54) is 7.11 Å².